The summed E-state index contributed by atoms with van der Waals surface area (Å²) in [5.74, 6) is 1.87. The van der Waals surface area contributed by atoms with Crippen molar-refractivity contribution in [1.82, 2.24) is 24.6 Å². The van der Waals surface area contributed by atoms with E-state index in [4.69, 9.17) is 0 Å². The number of rotatable bonds is 1. The number of aromatic nitrogens is 5. The summed E-state index contributed by atoms with van der Waals surface area (Å²) < 4.78 is 1.69. The summed E-state index contributed by atoms with van der Waals surface area (Å²) in [5, 5.41) is 5.14. The van der Waals surface area contributed by atoms with Crippen LogP contribution in [0.15, 0.2) is 23.3 Å². The molecule has 3 heterocycles. The summed E-state index contributed by atoms with van der Waals surface area (Å²) in [6.45, 7) is 0. The van der Waals surface area contributed by atoms with Gasteiger partial charge < -0.3 is 4.98 Å². The molecule has 6 nitrogen and oxygen atoms in total. The van der Waals surface area contributed by atoms with E-state index in [1.165, 1.54) is 19.3 Å². The third kappa shape index (κ3) is 1.71. The molecule has 102 valence electrons. The number of aromatic amines is 1. The predicted molar refractivity (Wildman–Crippen MR) is 74.7 cm³/mol. The number of nitrogens with one attached hydrogen (secondary N) is 1. The Hall–Kier alpha value is -2.24. The zero-order chi connectivity index (χ0) is 13.5. The first-order chi connectivity index (χ1) is 9.83. The largest absolute Gasteiger partial charge is 0.328 e. The molecule has 0 amide bonds. The van der Waals surface area contributed by atoms with Crippen molar-refractivity contribution in [2.75, 3.05) is 0 Å². The van der Waals surface area contributed by atoms with Gasteiger partial charge in [0, 0.05) is 18.3 Å². The predicted octanol–water partition coefficient (Wildman–Crippen LogP) is 2.01. The maximum absolute atomic E-state index is 11.8. The molecule has 4 rings (SSSR count). The highest BCUT2D eigenvalue weighted by Crippen LogP contribution is 2.30. The van der Waals surface area contributed by atoms with Gasteiger partial charge in [0.25, 0.3) is 11.3 Å². The average Bonchev–Trinajstić information content (AvgIpc) is 2.93. The fraction of sp³-hybridized carbons (Fsp3) is 0.429. The number of nitrogens with zero attached hydrogens (tertiary/aromatic N) is 4. The van der Waals surface area contributed by atoms with E-state index in [9.17, 15) is 4.79 Å². The lowest BCUT2D eigenvalue weighted by Crippen LogP contribution is -2.08. The van der Waals surface area contributed by atoms with E-state index >= 15 is 0 Å². The topological polar surface area (TPSA) is 75.9 Å². The van der Waals surface area contributed by atoms with E-state index in [0.717, 1.165) is 24.2 Å². The monoisotopic (exact) mass is 269 g/mol. The summed E-state index contributed by atoms with van der Waals surface area (Å²) in [5.41, 5.74) is 0.611. The van der Waals surface area contributed by atoms with E-state index in [2.05, 4.69) is 20.1 Å². The van der Waals surface area contributed by atoms with Crippen LogP contribution in [-0.2, 0) is 0 Å². The van der Waals surface area contributed by atoms with Gasteiger partial charge in [-0.3, -0.25) is 4.79 Å². The first-order valence-corrected chi connectivity index (χ1v) is 7.06. The van der Waals surface area contributed by atoms with Crippen molar-refractivity contribution in [3.8, 4) is 0 Å². The number of fused-ring (bicyclic) bond motifs is 3. The van der Waals surface area contributed by atoms with Gasteiger partial charge in [0.1, 0.15) is 0 Å². The molecular formula is C14H15N5O. The SMILES string of the molecule is O=c1[nH]ccc2c1cnc1nc(C3CCCCC3)nn12. The molecule has 1 aliphatic carbocycles. The van der Waals surface area contributed by atoms with Crippen LogP contribution < -0.4 is 5.56 Å². The quantitative estimate of drug-likeness (QED) is 0.733. The summed E-state index contributed by atoms with van der Waals surface area (Å²) in [4.78, 5) is 23.2. The fourth-order valence-corrected chi connectivity index (χ4v) is 3.01. The van der Waals surface area contributed by atoms with Crippen molar-refractivity contribution in [2.45, 2.75) is 38.0 Å². The Morgan fingerprint density at radius 1 is 1.25 bits per heavy atom. The highest BCUT2D eigenvalue weighted by Gasteiger charge is 2.20. The molecule has 0 aliphatic heterocycles. The summed E-state index contributed by atoms with van der Waals surface area (Å²) in [6, 6.07) is 1.84. The second kappa shape index (κ2) is 4.40. The van der Waals surface area contributed by atoms with Gasteiger partial charge in [-0.05, 0) is 18.9 Å². The summed E-state index contributed by atoms with van der Waals surface area (Å²) >= 11 is 0. The van der Waals surface area contributed by atoms with Crippen LogP contribution in [-0.4, -0.2) is 24.6 Å². The molecule has 1 aliphatic rings. The lowest BCUT2D eigenvalue weighted by atomic mass is 9.89. The van der Waals surface area contributed by atoms with Crippen LogP contribution in [0.25, 0.3) is 16.7 Å². The van der Waals surface area contributed by atoms with Crippen LogP contribution in [0.3, 0.4) is 0 Å². The first-order valence-electron chi connectivity index (χ1n) is 7.06. The molecule has 1 fully saturated rings. The Labute approximate surface area is 114 Å². The van der Waals surface area contributed by atoms with Gasteiger partial charge in [0.05, 0.1) is 10.9 Å². The average molecular weight is 269 g/mol. The normalized spacial score (nSPS) is 17.0. The minimum Gasteiger partial charge on any atom is -0.328 e. The van der Waals surface area contributed by atoms with E-state index in [0.29, 0.717) is 17.1 Å². The lowest BCUT2D eigenvalue weighted by molar-refractivity contribution is 0.429. The molecule has 1 saturated carbocycles. The molecule has 20 heavy (non-hydrogen) atoms. The maximum Gasteiger partial charge on any atom is 0.258 e. The van der Waals surface area contributed by atoms with Gasteiger partial charge in [0.2, 0.25) is 0 Å². The van der Waals surface area contributed by atoms with Gasteiger partial charge in [-0.2, -0.15) is 9.50 Å². The van der Waals surface area contributed by atoms with Crippen molar-refractivity contribution in [2.24, 2.45) is 0 Å². The first kappa shape index (κ1) is 11.6. The molecule has 0 aromatic carbocycles. The number of hydrogen-bond donors (Lipinski definition) is 1. The van der Waals surface area contributed by atoms with Crippen LogP contribution in [0.4, 0.5) is 0 Å². The van der Waals surface area contributed by atoms with Crippen molar-refractivity contribution in [3.05, 3.63) is 34.6 Å². The van der Waals surface area contributed by atoms with Gasteiger partial charge in [-0.1, -0.05) is 19.3 Å². The molecule has 0 radical (unpaired) electrons. The third-order valence-corrected chi connectivity index (χ3v) is 4.09. The van der Waals surface area contributed by atoms with E-state index in [1.54, 1.807) is 16.9 Å². The lowest BCUT2D eigenvalue weighted by Gasteiger charge is -2.17. The maximum atomic E-state index is 11.8. The zero-order valence-corrected chi connectivity index (χ0v) is 11.0. The smallest absolute Gasteiger partial charge is 0.258 e. The fourth-order valence-electron chi connectivity index (χ4n) is 3.01. The van der Waals surface area contributed by atoms with Gasteiger partial charge in [-0.15, -0.1) is 5.10 Å². The van der Waals surface area contributed by atoms with Crippen molar-refractivity contribution in [1.29, 1.82) is 0 Å². The number of hydrogen-bond acceptors (Lipinski definition) is 4. The molecule has 0 spiro atoms. The molecule has 1 N–H and O–H groups in total. The Morgan fingerprint density at radius 2 is 2.10 bits per heavy atom. The Bertz CT molecular complexity index is 828. The Morgan fingerprint density at radius 3 is 2.95 bits per heavy atom. The van der Waals surface area contributed by atoms with Crippen molar-refractivity contribution < 1.29 is 0 Å². The minimum absolute atomic E-state index is 0.147. The molecule has 0 atom stereocenters. The number of H-pyrrole nitrogens is 1. The van der Waals surface area contributed by atoms with Crippen molar-refractivity contribution >= 4 is 16.7 Å². The van der Waals surface area contributed by atoms with Crippen LogP contribution >= 0.6 is 0 Å². The minimum atomic E-state index is -0.147. The van der Waals surface area contributed by atoms with Crippen LogP contribution in [0, 0.1) is 0 Å². The second-order valence-corrected chi connectivity index (χ2v) is 5.38. The molecule has 6 heteroatoms. The Kier molecular flexibility index (Phi) is 2.55. The highest BCUT2D eigenvalue weighted by atomic mass is 16.1. The molecule has 3 aromatic heterocycles. The Balaban J connectivity index is 1.92. The zero-order valence-electron chi connectivity index (χ0n) is 11.0. The molecule has 0 unspecified atom stereocenters. The highest BCUT2D eigenvalue weighted by molar-refractivity contribution is 5.78. The van der Waals surface area contributed by atoms with E-state index < -0.39 is 0 Å². The van der Waals surface area contributed by atoms with Gasteiger partial charge in [0.15, 0.2) is 5.82 Å². The van der Waals surface area contributed by atoms with Crippen molar-refractivity contribution in [3.63, 3.8) is 0 Å². The second-order valence-electron chi connectivity index (χ2n) is 5.38. The molecule has 0 bridgehead atoms. The number of pyridine rings is 1. The molecule has 0 saturated heterocycles. The van der Waals surface area contributed by atoms with Gasteiger partial charge in [-0.25, -0.2) is 4.98 Å². The standard InChI is InChI=1S/C14H15N5O/c20-13-10-8-16-14-17-12(9-4-2-1-3-5-9)18-19(14)11(10)6-7-15-13/h6-9H,1-5H2,(H,15,20). The van der Waals surface area contributed by atoms with E-state index in [-0.39, 0.29) is 5.56 Å². The summed E-state index contributed by atoms with van der Waals surface area (Å²) in [7, 11) is 0. The summed E-state index contributed by atoms with van der Waals surface area (Å²) in [6.07, 6.45) is 9.29. The van der Waals surface area contributed by atoms with Crippen LogP contribution in [0.1, 0.15) is 43.8 Å². The van der Waals surface area contributed by atoms with Crippen LogP contribution in [0.2, 0.25) is 0 Å². The van der Waals surface area contributed by atoms with Gasteiger partial charge >= 0.3 is 0 Å². The van der Waals surface area contributed by atoms with Crippen LogP contribution in [0.5, 0.6) is 0 Å². The van der Waals surface area contributed by atoms with E-state index in [1.807, 2.05) is 6.07 Å². The molecular weight excluding hydrogens is 254 g/mol. The third-order valence-electron chi connectivity index (χ3n) is 4.09. The molecule has 3 aromatic rings.